The van der Waals surface area contributed by atoms with Crippen LogP contribution in [-0.2, 0) is 4.74 Å². The number of alkyl halides is 3. The van der Waals surface area contributed by atoms with E-state index in [0.717, 1.165) is 42.6 Å². The lowest BCUT2D eigenvalue weighted by Crippen LogP contribution is -2.42. The van der Waals surface area contributed by atoms with Gasteiger partial charge in [-0.05, 0) is 73.6 Å². The number of nitrogens with zero attached hydrogens (tertiary/aromatic N) is 2. The van der Waals surface area contributed by atoms with Crippen molar-refractivity contribution in [3.8, 4) is 5.75 Å². The standard InChI is InChI=1S/C25H29F3N4O3/c1-34-20-6-2-16(3-7-20)18-14-22(23(29)30-15-18)31-19-10-12-32(13-11-19)24(33)17-4-8-21(9-5-17)35-25(26,27)28/h2,4-5,8-9,14-15,19-20,31H,3,6-7,10-13H2,1H3,(H2,29,30). The number of nitrogens with one attached hydrogen (secondary N) is 1. The van der Waals surface area contributed by atoms with Gasteiger partial charge in [-0.15, -0.1) is 13.2 Å². The molecule has 1 aromatic heterocycles. The fourth-order valence-corrected chi connectivity index (χ4v) is 4.48. The summed E-state index contributed by atoms with van der Waals surface area (Å²) in [5.74, 6) is -0.142. The summed E-state index contributed by atoms with van der Waals surface area (Å²) in [7, 11) is 1.73. The summed E-state index contributed by atoms with van der Waals surface area (Å²) in [5.41, 5.74) is 9.51. The Kier molecular flexibility index (Phi) is 7.49. The number of amides is 1. The van der Waals surface area contributed by atoms with Crippen LogP contribution in [0.4, 0.5) is 24.7 Å². The number of carbonyl (C=O) groups excluding carboxylic acids is 1. The van der Waals surface area contributed by atoms with Gasteiger partial charge in [0.1, 0.15) is 11.6 Å². The van der Waals surface area contributed by atoms with Crippen molar-refractivity contribution in [3.63, 3.8) is 0 Å². The molecule has 0 spiro atoms. The number of allylic oxidation sites excluding steroid dienone is 1. The van der Waals surface area contributed by atoms with Gasteiger partial charge in [-0.1, -0.05) is 6.08 Å². The molecule has 10 heteroatoms. The summed E-state index contributed by atoms with van der Waals surface area (Å²) in [6, 6.07) is 7.15. The first-order valence-electron chi connectivity index (χ1n) is 11.6. The first-order valence-corrected chi connectivity index (χ1v) is 11.6. The Bertz CT molecular complexity index is 1060. The Labute approximate surface area is 202 Å². The van der Waals surface area contributed by atoms with Crippen LogP contribution < -0.4 is 15.8 Å². The monoisotopic (exact) mass is 490 g/mol. The van der Waals surface area contributed by atoms with Gasteiger partial charge >= 0.3 is 6.36 Å². The fourth-order valence-electron chi connectivity index (χ4n) is 4.48. The lowest BCUT2D eigenvalue weighted by Gasteiger charge is -2.33. The third-order valence-electron chi connectivity index (χ3n) is 6.46. The molecule has 1 saturated heterocycles. The van der Waals surface area contributed by atoms with Crippen LogP contribution in [0.1, 0.15) is 48.0 Å². The minimum Gasteiger partial charge on any atom is -0.406 e. The molecule has 0 bridgehead atoms. The average molecular weight is 491 g/mol. The molecule has 2 heterocycles. The van der Waals surface area contributed by atoms with Gasteiger partial charge in [-0.25, -0.2) is 4.98 Å². The van der Waals surface area contributed by atoms with Gasteiger partial charge in [0.2, 0.25) is 0 Å². The highest BCUT2D eigenvalue weighted by Gasteiger charge is 2.31. The van der Waals surface area contributed by atoms with Gasteiger partial charge in [0, 0.05) is 38.0 Å². The number of nitrogen functional groups attached to an aromatic ring is 1. The van der Waals surface area contributed by atoms with Crippen LogP contribution in [0.25, 0.3) is 5.57 Å². The zero-order valence-electron chi connectivity index (χ0n) is 19.5. The molecule has 4 rings (SSSR count). The lowest BCUT2D eigenvalue weighted by molar-refractivity contribution is -0.274. The highest BCUT2D eigenvalue weighted by molar-refractivity contribution is 5.94. The van der Waals surface area contributed by atoms with Crippen LogP contribution in [0.2, 0.25) is 0 Å². The number of nitrogens with two attached hydrogens (primary N) is 1. The first kappa shape index (κ1) is 24.8. The molecule has 35 heavy (non-hydrogen) atoms. The van der Waals surface area contributed by atoms with Gasteiger partial charge in [0.25, 0.3) is 5.91 Å². The second kappa shape index (κ2) is 10.6. The van der Waals surface area contributed by atoms with E-state index >= 15 is 0 Å². The number of pyridine rings is 1. The normalized spacial score (nSPS) is 19.3. The molecular weight excluding hydrogens is 461 g/mol. The second-order valence-electron chi connectivity index (χ2n) is 8.80. The Balaban J connectivity index is 1.33. The molecule has 7 nitrogen and oxygen atoms in total. The van der Waals surface area contributed by atoms with Crippen molar-refractivity contribution in [2.24, 2.45) is 0 Å². The third-order valence-corrected chi connectivity index (χ3v) is 6.46. The molecule has 1 aromatic carbocycles. The zero-order chi connectivity index (χ0) is 25.0. The third kappa shape index (κ3) is 6.45. The zero-order valence-corrected chi connectivity index (χ0v) is 19.5. The van der Waals surface area contributed by atoms with Crippen molar-refractivity contribution >= 4 is 23.0 Å². The topological polar surface area (TPSA) is 89.7 Å². The number of piperidine rings is 1. The van der Waals surface area contributed by atoms with E-state index in [1.807, 2.05) is 6.07 Å². The number of hydrogen-bond donors (Lipinski definition) is 2. The lowest BCUT2D eigenvalue weighted by atomic mass is 9.92. The molecule has 3 N–H and O–H groups in total. The van der Waals surface area contributed by atoms with Crippen molar-refractivity contribution in [2.45, 2.75) is 50.6 Å². The van der Waals surface area contributed by atoms with Crippen molar-refractivity contribution in [1.29, 1.82) is 0 Å². The Morgan fingerprint density at radius 2 is 1.89 bits per heavy atom. The van der Waals surface area contributed by atoms with E-state index in [1.54, 1.807) is 18.2 Å². The molecule has 1 aliphatic carbocycles. The minimum absolute atomic E-state index is 0.124. The summed E-state index contributed by atoms with van der Waals surface area (Å²) in [6.45, 7) is 1.04. The number of methoxy groups -OCH3 is 1. The number of halogens is 3. The van der Waals surface area contributed by atoms with E-state index in [0.29, 0.717) is 37.3 Å². The van der Waals surface area contributed by atoms with Gasteiger partial charge in [-0.3, -0.25) is 4.79 Å². The number of hydrogen-bond acceptors (Lipinski definition) is 6. The highest BCUT2D eigenvalue weighted by Crippen LogP contribution is 2.31. The molecule has 0 saturated carbocycles. The smallest absolute Gasteiger partial charge is 0.406 e. The quantitative estimate of drug-likeness (QED) is 0.601. The largest absolute Gasteiger partial charge is 0.573 e. The summed E-state index contributed by atoms with van der Waals surface area (Å²) >= 11 is 0. The molecule has 1 atom stereocenters. The number of benzene rings is 1. The molecule has 2 aromatic rings. The predicted octanol–water partition coefficient (Wildman–Crippen LogP) is 4.86. The maximum Gasteiger partial charge on any atom is 0.573 e. The van der Waals surface area contributed by atoms with Gasteiger partial charge in [0.15, 0.2) is 0 Å². The van der Waals surface area contributed by atoms with E-state index < -0.39 is 6.36 Å². The van der Waals surface area contributed by atoms with Gasteiger partial charge in [-0.2, -0.15) is 0 Å². The summed E-state index contributed by atoms with van der Waals surface area (Å²) in [4.78, 5) is 18.8. The molecule has 1 fully saturated rings. The molecule has 1 aliphatic heterocycles. The van der Waals surface area contributed by atoms with Crippen molar-refractivity contribution in [1.82, 2.24) is 9.88 Å². The number of ether oxygens (including phenoxy) is 2. The fraction of sp³-hybridized carbons (Fsp3) is 0.440. The molecule has 1 amide bonds. The molecule has 2 aliphatic rings. The van der Waals surface area contributed by atoms with Crippen LogP contribution in [0, 0.1) is 0 Å². The van der Waals surface area contributed by atoms with Crippen LogP contribution in [-0.4, -0.2) is 54.5 Å². The second-order valence-corrected chi connectivity index (χ2v) is 8.80. The number of likely N-dealkylation sites (tertiary alicyclic amines) is 1. The SMILES string of the molecule is COC1CC=C(c2cnc(N)c(NC3CCN(C(=O)c4ccc(OC(F)(F)F)cc4)CC3)c2)CC1. The van der Waals surface area contributed by atoms with E-state index in [9.17, 15) is 18.0 Å². The maximum atomic E-state index is 12.8. The summed E-state index contributed by atoms with van der Waals surface area (Å²) in [5, 5.41) is 3.48. The molecule has 188 valence electrons. The molecular formula is C25H29F3N4O3. The van der Waals surface area contributed by atoms with Crippen LogP contribution in [0.3, 0.4) is 0 Å². The maximum absolute atomic E-state index is 12.8. The van der Waals surface area contributed by atoms with Gasteiger partial charge in [0.05, 0.1) is 11.8 Å². The molecule has 0 radical (unpaired) electrons. The Morgan fingerprint density at radius 3 is 2.49 bits per heavy atom. The minimum atomic E-state index is -4.76. The van der Waals surface area contributed by atoms with Crippen molar-refractivity contribution in [3.05, 3.63) is 53.7 Å². The Hall–Kier alpha value is -3.27. The Morgan fingerprint density at radius 1 is 1.17 bits per heavy atom. The highest BCUT2D eigenvalue weighted by atomic mass is 19.4. The van der Waals surface area contributed by atoms with Crippen LogP contribution in [0.15, 0.2) is 42.6 Å². The number of rotatable bonds is 6. The summed E-state index contributed by atoms with van der Waals surface area (Å²) < 4.78 is 46.3. The predicted molar refractivity (Wildman–Crippen MR) is 127 cm³/mol. The number of aromatic nitrogens is 1. The number of carbonyl (C=O) groups is 1. The van der Waals surface area contributed by atoms with Gasteiger partial charge < -0.3 is 25.4 Å². The summed E-state index contributed by atoms with van der Waals surface area (Å²) in [6.07, 6.45) is 3.69. The van der Waals surface area contributed by atoms with E-state index in [1.165, 1.54) is 17.7 Å². The van der Waals surface area contributed by atoms with E-state index in [-0.39, 0.29) is 23.8 Å². The average Bonchev–Trinajstić information content (AvgIpc) is 2.85. The van der Waals surface area contributed by atoms with Crippen molar-refractivity contribution < 1.29 is 27.4 Å². The van der Waals surface area contributed by atoms with Crippen molar-refractivity contribution in [2.75, 3.05) is 31.2 Å². The first-order chi connectivity index (χ1) is 16.7. The van der Waals surface area contributed by atoms with Crippen LogP contribution in [0.5, 0.6) is 5.75 Å². The molecule has 1 unspecified atom stereocenters. The number of anilines is 2. The van der Waals surface area contributed by atoms with Crippen LogP contribution >= 0.6 is 0 Å². The van der Waals surface area contributed by atoms with E-state index in [2.05, 4.69) is 21.1 Å². The van der Waals surface area contributed by atoms with E-state index in [4.69, 9.17) is 10.5 Å².